The molecule has 31 heavy (non-hydrogen) atoms. The Labute approximate surface area is 184 Å². The van der Waals surface area contributed by atoms with Gasteiger partial charge in [0.25, 0.3) is 0 Å². The van der Waals surface area contributed by atoms with E-state index in [-0.39, 0.29) is 5.92 Å². The van der Waals surface area contributed by atoms with Gasteiger partial charge in [0.2, 0.25) is 0 Å². The summed E-state index contributed by atoms with van der Waals surface area (Å²) in [6.07, 6.45) is 11.2. The predicted octanol–water partition coefficient (Wildman–Crippen LogP) is 4.05. The molecule has 4 rings (SSSR count). The Bertz CT molecular complexity index is 796. The molecule has 168 valence electrons. The van der Waals surface area contributed by atoms with Crippen LogP contribution in [0.1, 0.15) is 86.6 Å². The molecule has 2 aliphatic rings. The Hall–Kier alpha value is -2.28. The molecule has 0 spiro atoms. The third kappa shape index (κ3) is 5.91. The fourth-order valence-electron chi connectivity index (χ4n) is 5.47. The number of nitrogens with one attached hydrogen (secondary N) is 2. The molecule has 2 aromatic rings. The van der Waals surface area contributed by atoms with Crippen LogP contribution in [-0.4, -0.2) is 44.8 Å². The number of carboxylic acids is 1. The number of tetrazole rings is 1. The lowest BCUT2D eigenvalue weighted by molar-refractivity contribution is -0.143. The Morgan fingerprint density at radius 1 is 1.13 bits per heavy atom. The molecule has 1 saturated carbocycles. The van der Waals surface area contributed by atoms with Gasteiger partial charge in [0.05, 0.1) is 5.92 Å². The Morgan fingerprint density at radius 3 is 2.58 bits per heavy atom. The highest BCUT2D eigenvalue weighted by atomic mass is 16.4. The average Bonchev–Trinajstić information content (AvgIpc) is 3.51. The van der Waals surface area contributed by atoms with Crippen LogP contribution in [0.2, 0.25) is 0 Å². The van der Waals surface area contributed by atoms with Gasteiger partial charge < -0.3 is 10.4 Å². The minimum absolute atomic E-state index is 0.252. The Morgan fingerprint density at radius 2 is 1.94 bits per heavy atom. The quantitative estimate of drug-likeness (QED) is 0.530. The van der Waals surface area contributed by atoms with Crippen LogP contribution in [0.3, 0.4) is 0 Å². The molecule has 2 fully saturated rings. The predicted molar refractivity (Wildman–Crippen MR) is 119 cm³/mol. The van der Waals surface area contributed by atoms with Crippen molar-refractivity contribution in [1.82, 2.24) is 25.9 Å². The third-order valence-corrected chi connectivity index (χ3v) is 7.34. The standard InChI is InChI=1S/C24H35N5O2/c30-24(31)21(8-4-7-17-5-2-1-3-6-17)22(23-26-28-29-27-23)15-18-9-11-19(12-10-18)20-13-14-25-16-20/h9-12,17,20-22,25H,1-8,13-16H2,(H,30,31)(H,26,27,28,29)/t20?,21-,22-/m0/s1. The second-order valence-electron chi connectivity index (χ2n) is 9.41. The lowest BCUT2D eigenvalue weighted by Crippen LogP contribution is -2.25. The van der Waals surface area contributed by atoms with E-state index in [1.54, 1.807) is 0 Å². The van der Waals surface area contributed by atoms with E-state index in [0.29, 0.717) is 24.6 Å². The topological polar surface area (TPSA) is 104 Å². The summed E-state index contributed by atoms with van der Waals surface area (Å²) in [6, 6.07) is 8.68. The van der Waals surface area contributed by atoms with Crippen molar-refractivity contribution < 1.29 is 9.90 Å². The number of carbonyl (C=O) groups is 1. The molecular formula is C24H35N5O2. The summed E-state index contributed by atoms with van der Waals surface area (Å²) in [4.78, 5) is 12.2. The van der Waals surface area contributed by atoms with Crippen LogP contribution >= 0.6 is 0 Å². The normalized spacial score (nSPS) is 21.7. The average molecular weight is 426 g/mol. The van der Waals surface area contributed by atoms with E-state index in [1.165, 1.54) is 44.1 Å². The molecule has 3 atom stereocenters. The lowest BCUT2D eigenvalue weighted by atomic mass is 9.80. The molecule has 1 aliphatic carbocycles. The van der Waals surface area contributed by atoms with Crippen molar-refractivity contribution in [2.24, 2.45) is 11.8 Å². The van der Waals surface area contributed by atoms with Crippen LogP contribution in [0.25, 0.3) is 0 Å². The van der Waals surface area contributed by atoms with Crippen LogP contribution in [0.15, 0.2) is 24.3 Å². The number of benzene rings is 1. The monoisotopic (exact) mass is 425 g/mol. The largest absolute Gasteiger partial charge is 0.481 e. The lowest BCUT2D eigenvalue weighted by Gasteiger charge is -2.24. The van der Waals surface area contributed by atoms with Crippen molar-refractivity contribution in [3.05, 3.63) is 41.2 Å². The summed E-state index contributed by atoms with van der Waals surface area (Å²) in [7, 11) is 0. The number of rotatable bonds is 10. The van der Waals surface area contributed by atoms with Crippen molar-refractivity contribution in [2.75, 3.05) is 13.1 Å². The molecule has 7 nitrogen and oxygen atoms in total. The highest BCUT2D eigenvalue weighted by Gasteiger charge is 2.32. The molecule has 1 unspecified atom stereocenters. The number of aromatic nitrogens is 4. The van der Waals surface area contributed by atoms with Crippen LogP contribution in [-0.2, 0) is 11.2 Å². The van der Waals surface area contributed by atoms with Gasteiger partial charge in [-0.05, 0) is 59.2 Å². The minimum Gasteiger partial charge on any atom is -0.481 e. The third-order valence-electron chi connectivity index (χ3n) is 7.34. The zero-order valence-electron chi connectivity index (χ0n) is 18.3. The molecule has 0 amide bonds. The van der Waals surface area contributed by atoms with Gasteiger partial charge in [-0.25, -0.2) is 5.10 Å². The van der Waals surface area contributed by atoms with Gasteiger partial charge >= 0.3 is 5.97 Å². The number of carboxylic acid groups (broad SMARTS) is 1. The van der Waals surface area contributed by atoms with Crippen molar-refractivity contribution in [2.45, 2.75) is 76.0 Å². The first-order chi connectivity index (χ1) is 15.2. The summed E-state index contributed by atoms with van der Waals surface area (Å²) in [5.41, 5.74) is 2.49. The van der Waals surface area contributed by atoms with Crippen molar-refractivity contribution in [3.63, 3.8) is 0 Å². The maximum Gasteiger partial charge on any atom is 0.307 e. The van der Waals surface area contributed by atoms with Gasteiger partial charge in [-0.15, -0.1) is 5.10 Å². The summed E-state index contributed by atoms with van der Waals surface area (Å²) < 4.78 is 0. The van der Waals surface area contributed by atoms with Crippen molar-refractivity contribution in [3.8, 4) is 0 Å². The van der Waals surface area contributed by atoms with Crippen molar-refractivity contribution >= 4 is 5.97 Å². The summed E-state index contributed by atoms with van der Waals surface area (Å²) in [6.45, 7) is 2.11. The van der Waals surface area contributed by atoms with Crippen LogP contribution < -0.4 is 5.32 Å². The molecule has 0 radical (unpaired) electrons. The second kappa shape index (κ2) is 10.8. The fourth-order valence-corrected chi connectivity index (χ4v) is 5.47. The van der Waals surface area contributed by atoms with E-state index in [0.717, 1.165) is 37.4 Å². The zero-order valence-corrected chi connectivity index (χ0v) is 18.3. The van der Waals surface area contributed by atoms with Gasteiger partial charge in [0, 0.05) is 12.5 Å². The van der Waals surface area contributed by atoms with E-state index in [1.807, 2.05) is 0 Å². The molecule has 1 saturated heterocycles. The molecule has 1 aliphatic heterocycles. The minimum atomic E-state index is -0.751. The first-order valence-corrected chi connectivity index (χ1v) is 12.0. The zero-order chi connectivity index (χ0) is 21.5. The highest BCUT2D eigenvalue weighted by molar-refractivity contribution is 5.71. The SMILES string of the molecule is O=C(O)[C@@H](CCCC1CCCCC1)[C@H](Cc1ccc(C2CCNC2)cc1)c1nnn[nH]1. The van der Waals surface area contributed by atoms with Gasteiger partial charge in [0.1, 0.15) is 0 Å². The van der Waals surface area contributed by atoms with Crippen LogP contribution in [0.4, 0.5) is 0 Å². The van der Waals surface area contributed by atoms with E-state index in [9.17, 15) is 9.90 Å². The maximum atomic E-state index is 12.2. The molecular weight excluding hydrogens is 390 g/mol. The smallest absolute Gasteiger partial charge is 0.307 e. The van der Waals surface area contributed by atoms with E-state index >= 15 is 0 Å². The Kier molecular flexibility index (Phi) is 7.67. The first-order valence-electron chi connectivity index (χ1n) is 12.0. The molecule has 2 heterocycles. The number of nitrogens with zero attached hydrogens (tertiary/aromatic N) is 3. The van der Waals surface area contributed by atoms with E-state index in [4.69, 9.17) is 0 Å². The first kappa shape index (κ1) is 21.9. The molecule has 1 aromatic carbocycles. The Balaban J connectivity index is 1.43. The molecule has 3 N–H and O–H groups in total. The number of aliphatic carboxylic acids is 1. The molecule has 1 aromatic heterocycles. The molecule has 7 heteroatoms. The maximum absolute atomic E-state index is 12.2. The highest BCUT2D eigenvalue weighted by Crippen LogP contribution is 2.33. The summed E-state index contributed by atoms with van der Waals surface area (Å²) in [5.74, 6) is 0.434. The van der Waals surface area contributed by atoms with E-state index in [2.05, 4.69) is 50.2 Å². The van der Waals surface area contributed by atoms with E-state index < -0.39 is 11.9 Å². The summed E-state index contributed by atoms with van der Waals surface area (Å²) in [5, 5.41) is 27.9. The van der Waals surface area contributed by atoms with Crippen LogP contribution in [0, 0.1) is 11.8 Å². The molecule has 0 bridgehead atoms. The van der Waals surface area contributed by atoms with Gasteiger partial charge in [-0.1, -0.05) is 69.2 Å². The summed E-state index contributed by atoms with van der Waals surface area (Å²) >= 11 is 0. The van der Waals surface area contributed by atoms with Gasteiger partial charge in [-0.3, -0.25) is 4.79 Å². The number of hydrogen-bond donors (Lipinski definition) is 3. The second-order valence-corrected chi connectivity index (χ2v) is 9.41. The fraction of sp³-hybridized carbons (Fsp3) is 0.667. The van der Waals surface area contributed by atoms with Crippen molar-refractivity contribution in [1.29, 1.82) is 0 Å². The number of hydrogen-bond acceptors (Lipinski definition) is 5. The van der Waals surface area contributed by atoms with Crippen LogP contribution in [0.5, 0.6) is 0 Å². The van der Waals surface area contributed by atoms with Gasteiger partial charge in [-0.2, -0.15) is 0 Å². The number of H-pyrrole nitrogens is 1. The van der Waals surface area contributed by atoms with Gasteiger partial charge in [0.15, 0.2) is 5.82 Å². The number of aromatic amines is 1.